The molecule has 0 aromatic rings. The minimum atomic E-state index is -2.61. The van der Waals surface area contributed by atoms with Gasteiger partial charge in [0.25, 0.3) is 0 Å². The van der Waals surface area contributed by atoms with Crippen molar-refractivity contribution in [1.29, 1.82) is 0 Å². The van der Waals surface area contributed by atoms with Crippen molar-refractivity contribution >= 4 is 49.1 Å². The molecule has 0 bridgehead atoms. The number of carbonyl (C=O) groups excluding carboxylic acids is 4. The number of hydrogen-bond acceptors (Lipinski definition) is 13. The van der Waals surface area contributed by atoms with Gasteiger partial charge in [0, 0.05) is 51.2 Å². The van der Waals surface area contributed by atoms with E-state index in [1.54, 1.807) is 7.11 Å². The summed E-state index contributed by atoms with van der Waals surface area (Å²) < 4.78 is 51.2. The molecule has 0 heterocycles. The Morgan fingerprint density at radius 1 is 0.551 bits per heavy atom. The number of carbonyl (C=O) groups is 4. The second kappa shape index (κ2) is 25.3. The van der Waals surface area contributed by atoms with Gasteiger partial charge in [0.1, 0.15) is 13.2 Å². The number of hydrogen-bond donors (Lipinski definition) is 0. The van der Waals surface area contributed by atoms with Gasteiger partial charge in [-0.2, -0.15) is 0 Å². The van der Waals surface area contributed by atoms with Crippen LogP contribution in [0.15, 0.2) is 50.6 Å². The number of rotatable bonds is 30. The highest BCUT2D eigenvalue weighted by Gasteiger charge is 2.42. The third-order valence-electron chi connectivity index (χ3n) is 6.76. The smallest absolute Gasteiger partial charge is 0.330 e. The van der Waals surface area contributed by atoms with Crippen LogP contribution in [0.4, 0.5) is 0 Å². The molecule has 0 aromatic carbocycles. The molecule has 0 radical (unpaired) electrons. The molecule has 13 nitrogen and oxygen atoms in total. The van der Waals surface area contributed by atoms with Gasteiger partial charge in [-0.05, 0) is 70.1 Å². The molecule has 0 saturated carbocycles. The maximum Gasteiger partial charge on any atom is 0.330 e. The van der Waals surface area contributed by atoms with E-state index in [2.05, 4.69) is 59.1 Å². The van der Waals surface area contributed by atoms with Crippen LogP contribution in [0.25, 0.3) is 0 Å². The molecule has 0 aliphatic heterocycles. The van der Waals surface area contributed by atoms with Crippen molar-refractivity contribution in [3.63, 3.8) is 0 Å². The second-order valence-electron chi connectivity index (χ2n) is 12.5. The topological polar surface area (TPSA) is 151 Å². The van der Waals surface area contributed by atoms with Crippen LogP contribution >= 0.6 is 0 Å². The van der Waals surface area contributed by atoms with Crippen molar-refractivity contribution < 1.29 is 60.6 Å². The van der Waals surface area contributed by atoms with E-state index in [-0.39, 0.29) is 26.4 Å². The Labute approximate surface area is 295 Å². The minimum absolute atomic E-state index is 0.0618. The van der Waals surface area contributed by atoms with Crippen LogP contribution in [0.5, 0.6) is 0 Å². The van der Waals surface area contributed by atoms with Crippen LogP contribution < -0.4 is 0 Å². The molecular formula is C33H58O13Si3. The molecule has 0 fully saturated rings. The highest BCUT2D eigenvalue weighted by molar-refractivity contribution is 6.88. The Hall–Kier alpha value is -2.71. The fourth-order valence-electron chi connectivity index (χ4n) is 4.69. The molecule has 0 aliphatic carbocycles. The van der Waals surface area contributed by atoms with E-state index in [0.29, 0.717) is 19.8 Å². The van der Waals surface area contributed by atoms with Crippen LogP contribution in [0, 0.1) is 0 Å². The molecule has 0 saturated heterocycles. The molecule has 0 N–H and O–H groups in total. The quantitative estimate of drug-likeness (QED) is 0.0319. The predicted molar refractivity (Wildman–Crippen MR) is 193 cm³/mol. The number of methoxy groups -OCH3 is 1. The average Bonchev–Trinajstić information content (AvgIpc) is 3.04. The van der Waals surface area contributed by atoms with Crippen molar-refractivity contribution in [2.75, 3.05) is 53.4 Å². The van der Waals surface area contributed by atoms with E-state index in [9.17, 15) is 19.2 Å². The molecule has 49 heavy (non-hydrogen) atoms. The zero-order valence-electron chi connectivity index (χ0n) is 30.3. The molecule has 2 atom stereocenters. The van der Waals surface area contributed by atoms with Crippen molar-refractivity contribution in [1.82, 2.24) is 0 Å². The van der Waals surface area contributed by atoms with Crippen molar-refractivity contribution in [3.05, 3.63) is 50.6 Å². The van der Waals surface area contributed by atoms with Gasteiger partial charge >= 0.3 is 32.4 Å². The molecule has 0 rings (SSSR count). The first-order chi connectivity index (χ1) is 23.0. The van der Waals surface area contributed by atoms with Gasteiger partial charge in [-0.3, -0.25) is 0 Å². The molecule has 2 unspecified atom stereocenters. The van der Waals surface area contributed by atoms with E-state index < -0.39 is 61.3 Å². The van der Waals surface area contributed by atoms with Crippen LogP contribution in [-0.4, -0.2) is 115 Å². The fourth-order valence-corrected chi connectivity index (χ4v) is 19.0. The second-order valence-corrected chi connectivity index (χ2v) is 24.9. The maximum atomic E-state index is 11.7. The zero-order valence-corrected chi connectivity index (χ0v) is 33.3. The molecule has 0 spiro atoms. The predicted octanol–water partition coefficient (Wildman–Crippen LogP) is 5.01. The summed E-state index contributed by atoms with van der Waals surface area (Å²) >= 11 is 0. The van der Waals surface area contributed by atoms with Crippen molar-refractivity contribution in [2.24, 2.45) is 0 Å². The highest BCUT2D eigenvalue weighted by atomic mass is 28.5. The summed E-state index contributed by atoms with van der Waals surface area (Å²) in [6.07, 6.45) is 4.89. The summed E-state index contributed by atoms with van der Waals surface area (Å²) in [4.78, 5) is 46.2. The molecule has 0 amide bonds. The largest absolute Gasteiger partial charge is 0.458 e. The van der Waals surface area contributed by atoms with E-state index >= 15 is 0 Å². The van der Waals surface area contributed by atoms with Gasteiger partial charge in [0.05, 0.1) is 13.2 Å². The molecule has 16 heteroatoms. The summed E-state index contributed by atoms with van der Waals surface area (Å²) in [5.41, 5.74) is 0. The van der Waals surface area contributed by atoms with E-state index in [1.165, 1.54) is 0 Å². The Morgan fingerprint density at radius 3 is 1.27 bits per heavy atom. The first kappa shape index (κ1) is 46.3. The van der Waals surface area contributed by atoms with E-state index in [1.807, 2.05) is 0 Å². The Morgan fingerprint density at radius 2 is 0.918 bits per heavy atom. The van der Waals surface area contributed by atoms with Gasteiger partial charge in [-0.1, -0.05) is 26.3 Å². The Balaban J connectivity index is 5.08. The standard InChI is InChI=1S/C33H58O13Si3/c1-11-30(34)41-26-28(43-32(36)13-3)24-39-19-16-21-47(6,7)45-49(10,23-15-18-38-5)46-48(8,9)22-17-20-40-25-29(44-33(37)14-4)27-42-31(35)12-2/h11-14,28-29H,1-4,15-27H2,5-10H3. The maximum absolute atomic E-state index is 11.7. The summed E-state index contributed by atoms with van der Waals surface area (Å²) in [5, 5.41) is 0. The molecule has 0 aliphatic rings. The van der Waals surface area contributed by atoms with Crippen LogP contribution in [0.2, 0.25) is 50.9 Å². The first-order valence-corrected chi connectivity index (χ1v) is 25.1. The van der Waals surface area contributed by atoms with Crippen LogP contribution in [0.1, 0.15) is 19.3 Å². The first-order valence-electron chi connectivity index (χ1n) is 16.3. The molecular weight excluding hydrogens is 689 g/mol. The fraction of sp³-hybridized carbons (Fsp3) is 0.636. The molecule has 280 valence electrons. The SMILES string of the molecule is C=CC(=O)OCC(COCCC[Si](C)(C)O[Si](C)(CCCOC)O[Si](C)(C)CCCOCC(COC(=O)C=C)OC(=O)C=C)OC(=O)C=C. The third kappa shape index (κ3) is 24.1. The van der Waals surface area contributed by atoms with E-state index in [0.717, 1.165) is 61.7 Å². The Kier molecular flexibility index (Phi) is 23.9. The van der Waals surface area contributed by atoms with Crippen LogP contribution in [-0.2, 0) is 60.6 Å². The van der Waals surface area contributed by atoms with E-state index in [4.69, 9.17) is 41.4 Å². The minimum Gasteiger partial charge on any atom is -0.458 e. The highest BCUT2D eigenvalue weighted by Crippen LogP contribution is 2.29. The Bertz CT molecular complexity index is 990. The lowest BCUT2D eigenvalue weighted by Crippen LogP contribution is -2.54. The zero-order chi connectivity index (χ0) is 37.3. The van der Waals surface area contributed by atoms with Gasteiger partial charge in [0.15, 0.2) is 28.8 Å². The van der Waals surface area contributed by atoms with Crippen molar-refractivity contribution in [3.8, 4) is 0 Å². The number of esters is 4. The summed E-state index contributed by atoms with van der Waals surface area (Å²) in [7, 11) is -5.32. The van der Waals surface area contributed by atoms with Gasteiger partial charge in [-0.15, -0.1) is 0 Å². The molecule has 0 aromatic heterocycles. The summed E-state index contributed by atoms with van der Waals surface area (Å²) in [6.45, 7) is 25.6. The lowest BCUT2D eigenvalue weighted by Gasteiger charge is -2.41. The van der Waals surface area contributed by atoms with Crippen LogP contribution in [0.3, 0.4) is 0 Å². The number of ether oxygens (including phenoxy) is 7. The monoisotopic (exact) mass is 746 g/mol. The summed E-state index contributed by atoms with van der Waals surface area (Å²) in [5.74, 6) is -2.50. The lowest BCUT2D eigenvalue weighted by molar-refractivity contribution is -0.156. The summed E-state index contributed by atoms with van der Waals surface area (Å²) in [6, 6.07) is 2.43. The van der Waals surface area contributed by atoms with Gasteiger partial charge in [0.2, 0.25) is 0 Å². The van der Waals surface area contributed by atoms with Gasteiger partial charge < -0.3 is 41.4 Å². The van der Waals surface area contributed by atoms with Crippen molar-refractivity contribution in [2.45, 2.75) is 82.3 Å². The normalized spacial score (nSPS) is 14.0. The van der Waals surface area contributed by atoms with Gasteiger partial charge in [-0.25, -0.2) is 19.2 Å². The third-order valence-corrected chi connectivity index (χ3v) is 19.0. The lowest BCUT2D eigenvalue weighted by atomic mass is 10.4. The average molecular weight is 747 g/mol.